The highest BCUT2D eigenvalue weighted by Crippen LogP contribution is 2.55. The van der Waals surface area contributed by atoms with E-state index in [0.29, 0.717) is 0 Å². The van der Waals surface area contributed by atoms with Crippen molar-refractivity contribution < 1.29 is 4.42 Å². The van der Waals surface area contributed by atoms with Crippen molar-refractivity contribution in [1.82, 2.24) is 0 Å². The molecule has 78 heavy (non-hydrogen) atoms. The number of aryl methyl sites for hydroxylation is 1. The Morgan fingerprint density at radius 3 is 1.55 bits per heavy atom. The highest BCUT2D eigenvalue weighted by atomic mass is 16.3. The monoisotopic (exact) mass is 1030 g/mol. The van der Waals surface area contributed by atoms with E-state index < -0.39 is 0 Å². The van der Waals surface area contributed by atoms with E-state index in [0.717, 1.165) is 64.3 Å². The van der Waals surface area contributed by atoms with Crippen LogP contribution < -0.4 is 31.3 Å². The minimum atomic E-state index is -0.205. The van der Waals surface area contributed by atoms with Crippen LogP contribution in [0.25, 0.3) is 11.0 Å². The third-order valence-corrected chi connectivity index (χ3v) is 19.1. The van der Waals surface area contributed by atoms with Gasteiger partial charge in [0.25, 0.3) is 6.71 Å². The fourth-order valence-electron chi connectivity index (χ4n) is 13.7. The van der Waals surface area contributed by atoms with Crippen LogP contribution in [0.3, 0.4) is 0 Å². The molecule has 2 aliphatic heterocycles. The van der Waals surface area contributed by atoms with Crippen LogP contribution in [0.2, 0.25) is 0 Å². The Balaban J connectivity index is 1.29. The number of rotatable bonds is 5. The van der Waals surface area contributed by atoms with Crippen molar-refractivity contribution in [3.8, 4) is 0 Å². The van der Waals surface area contributed by atoms with E-state index in [2.05, 4.69) is 273 Å². The maximum atomic E-state index is 7.67. The van der Waals surface area contributed by atoms with Gasteiger partial charge in [0, 0.05) is 45.2 Å². The summed E-state index contributed by atoms with van der Waals surface area (Å²) in [6, 6.07) is 52.4. The zero-order chi connectivity index (χ0) is 55.6. The Labute approximate surface area is 468 Å². The van der Waals surface area contributed by atoms with Crippen molar-refractivity contribution >= 4 is 85.5 Å². The number of para-hydroxylation sites is 1. The number of fused-ring (bicyclic) bond motifs is 8. The van der Waals surface area contributed by atoms with Crippen molar-refractivity contribution in [2.24, 2.45) is 0 Å². The van der Waals surface area contributed by atoms with Gasteiger partial charge in [0.15, 0.2) is 0 Å². The molecular formula is C73H84BN3O. The number of furan rings is 1. The maximum Gasteiger partial charge on any atom is 0.297 e. The van der Waals surface area contributed by atoms with E-state index >= 15 is 0 Å². The average Bonchev–Trinajstić information content (AvgIpc) is 3.87. The van der Waals surface area contributed by atoms with Crippen LogP contribution in [0.15, 0.2) is 138 Å². The van der Waals surface area contributed by atoms with Gasteiger partial charge in [0.05, 0.1) is 17.0 Å². The second kappa shape index (κ2) is 17.3. The van der Waals surface area contributed by atoms with Crippen LogP contribution >= 0.6 is 0 Å². The molecule has 2 aliphatic carbocycles. The minimum Gasteiger partial charge on any atom is -0.468 e. The first-order valence-electron chi connectivity index (χ1n) is 29.2. The van der Waals surface area contributed by atoms with E-state index in [1.165, 1.54) is 84.6 Å². The van der Waals surface area contributed by atoms with E-state index in [4.69, 9.17) is 4.42 Å². The molecule has 7 aromatic carbocycles. The van der Waals surface area contributed by atoms with Crippen LogP contribution in [0.4, 0.5) is 51.2 Å². The van der Waals surface area contributed by atoms with Gasteiger partial charge in [-0.1, -0.05) is 178 Å². The Hall–Kier alpha value is -6.46. The van der Waals surface area contributed by atoms with Crippen LogP contribution in [-0.2, 0) is 37.9 Å². The summed E-state index contributed by atoms with van der Waals surface area (Å²) in [5.41, 5.74) is 25.7. The second-order valence-corrected chi connectivity index (χ2v) is 29.8. The number of hydrogen-bond acceptors (Lipinski definition) is 4. The molecule has 0 bridgehead atoms. The third kappa shape index (κ3) is 8.37. The molecule has 8 aromatic rings. The molecule has 0 radical (unpaired) electrons. The lowest BCUT2D eigenvalue weighted by Crippen LogP contribution is -2.61. The molecule has 3 heterocycles. The maximum absolute atomic E-state index is 7.67. The van der Waals surface area contributed by atoms with Gasteiger partial charge in [0.2, 0.25) is 0 Å². The molecule has 0 amide bonds. The summed E-state index contributed by atoms with van der Waals surface area (Å²) in [6.45, 7) is 42.9. The predicted octanol–water partition coefficient (Wildman–Crippen LogP) is 18.9. The molecular weight excluding hydrogens is 946 g/mol. The Morgan fingerprint density at radius 1 is 0.449 bits per heavy atom. The van der Waals surface area contributed by atoms with Gasteiger partial charge in [-0.3, -0.25) is 0 Å². The topological polar surface area (TPSA) is 22.9 Å². The molecule has 0 fully saturated rings. The van der Waals surface area contributed by atoms with Gasteiger partial charge < -0.3 is 19.1 Å². The van der Waals surface area contributed by atoms with Gasteiger partial charge in [-0.2, -0.15) is 0 Å². The average molecular weight is 1030 g/mol. The van der Waals surface area contributed by atoms with E-state index in [-0.39, 0.29) is 44.6 Å². The van der Waals surface area contributed by atoms with E-state index in [9.17, 15) is 0 Å². The summed E-state index contributed by atoms with van der Waals surface area (Å²) in [5.74, 6) is 0. The number of anilines is 9. The van der Waals surface area contributed by atoms with Gasteiger partial charge >= 0.3 is 0 Å². The predicted molar refractivity (Wildman–Crippen MR) is 336 cm³/mol. The van der Waals surface area contributed by atoms with Crippen molar-refractivity contribution in [3.05, 3.63) is 178 Å². The van der Waals surface area contributed by atoms with Crippen LogP contribution in [0.1, 0.15) is 188 Å². The highest BCUT2D eigenvalue weighted by molar-refractivity contribution is 7.00. The molecule has 4 nitrogen and oxygen atoms in total. The Morgan fingerprint density at radius 2 is 0.974 bits per heavy atom. The van der Waals surface area contributed by atoms with Gasteiger partial charge in [-0.25, -0.2) is 0 Å². The molecule has 1 aromatic heterocycles. The van der Waals surface area contributed by atoms with Gasteiger partial charge in [0.1, 0.15) is 5.58 Å². The Bertz CT molecular complexity index is 3680. The van der Waals surface area contributed by atoms with Crippen molar-refractivity contribution in [1.29, 1.82) is 0 Å². The van der Waals surface area contributed by atoms with Crippen molar-refractivity contribution in [3.63, 3.8) is 0 Å². The first kappa shape index (κ1) is 52.3. The summed E-state index contributed by atoms with van der Waals surface area (Å²) < 4.78 is 7.67. The number of benzene rings is 7. The van der Waals surface area contributed by atoms with Gasteiger partial charge in [-0.15, -0.1) is 0 Å². The molecule has 0 atom stereocenters. The lowest BCUT2D eigenvalue weighted by molar-refractivity contribution is 0.332. The molecule has 0 spiro atoms. The zero-order valence-corrected chi connectivity index (χ0v) is 50.4. The highest BCUT2D eigenvalue weighted by Gasteiger charge is 2.50. The Kier molecular flexibility index (Phi) is 11.6. The van der Waals surface area contributed by atoms with Gasteiger partial charge in [-0.05, 0) is 199 Å². The molecule has 5 heteroatoms. The third-order valence-electron chi connectivity index (χ3n) is 19.1. The zero-order valence-electron chi connectivity index (χ0n) is 50.4. The number of nitrogens with zero attached hydrogens (tertiary/aromatic N) is 3. The fraction of sp³-hybridized carbons (Fsp3) is 0.397. The molecule has 4 aliphatic rings. The van der Waals surface area contributed by atoms with Crippen LogP contribution in [0.5, 0.6) is 0 Å². The minimum absolute atomic E-state index is 0.00935. The largest absolute Gasteiger partial charge is 0.468 e. The lowest BCUT2D eigenvalue weighted by Gasteiger charge is -2.47. The fourth-order valence-corrected chi connectivity index (χ4v) is 13.7. The first-order valence-corrected chi connectivity index (χ1v) is 29.2. The van der Waals surface area contributed by atoms with E-state index in [1.807, 2.05) is 0 Å². The van der Waals surface area contributed by atoms with Crippen molar-refractivity contribution in [2.45, 2.75) is 188 Å². The lowest BCUT2D eigenvalue weighted by atomic mass is 9.35. The molecule has 12 rings (SSSR count). The summed E-state index contributed by atoms with van der Waals surface area (Å²) in [6.07, 6.45) is 4.58. The second-order valence-electron chi connectivity index (χ2n) is 29.8. The molecule has 0 saturated carbocycles. The summed E-state index contributed by atoms with van der Waals surface area (Å²) in [4.78, 5) is 7.82. The first-order chi connectivity index (χ1) is 36.4. The molecule has 400 valence electrons. The van der Waals surface area contributed by atoms with Crippen LogP contribution in [0, 0.1) is 6.92 Å². The van der Waals surface area contributed by atoms with E-state index in [1.54, 1.807) is 0 Å². The SMILES string of the molecule is Cc1ccc(N(c2ccccc2)c2cc3c4c(c2)N(c2cc(C(C)(C)C)cc(C(C)(C)C)c2)c2c(oc5ccc(C(C)(C)C)cc25)B4c2cc4c(cc2N3c2ccc3c(c2)C(C)(C)CCC3(C)C)C(C)(C)CCC4(C)C)cc1. The molecule has 0 N–H and O–H groups in total. The standard InChI is InChI=1S/C73H84BN3O/c1-45-24-27-50(28-25-45)75(49-22-20-19-21-23-49)53-41-61-64-62(42-53)77(52-37-47(68(5,6)7)36-48(38-52)69(8,9)10)65-54-39-46(67(2,3)4)26-31-63(54)78-66(65)74(64)59-43-57-58(73(17,18)35-34-72(57,15)16)44-60(59)76(61)51-29-30-55-56(40-51)71(13,14)33-32-70(55,11)12/h19-31,36-44H,32-35H2,1-18H3. The molecule has 0 unspecified atom stereocenters. The number of hydrogen-bond donors (Lipinski definition) is 0. The van der Waals surface area contributed by atoms with Crippen molar-refractivity contribution in [2.75, 3.05) is 14.7 Å². The molecule has 0 saturated heterocycles. The summed E-state index contributed by atoms with van der Waals surface area (Å²) in [7, 11) is 0. The normalized spacial score (nSPS) is 17.7. The summed E-state index contributed by atoms with van der Waals surface area (Å²) >= 11 is 0. The van der Waals surface area contributed by atoms with Crippen LogP contribution in [-0.4, -0.2) is 6.71 Å². The smallest absolute Gasteiger partial charge is 0.297 e. The quantitative estimate of drug-likeness (QED) is 0.160. The summed E-state index contributed by atoms with van der Waals surface area (Å²) in [5, 5.41) is 1.15.